The highest BCUT2D eigenvalue weighted by atomic mass is 16.6. The maximum absolute atomic E-state index is 15.3. The Morgan fingerprint density at radius 1 is 0.582 bits per heavy atom. The van der Waals surface area contributed by atoms with Crippen LogP contribution in [0.25, 0.3) is 0 Å². The fourth-order valence-corrected chi connectivity index (χ4v) is 20.3. The average Bonchev–Trinajstić information content (AvgIpc) is 4.18. The normalized spacial score (nSPS) is 50.6. The zero-order valence-corrected chi connectivity index (χ0v) is 39.1. The van der Waals surface area contributed by atoms with Gasteiger partial charge in [-0.25, -0.2) is 9.59 Å². The number of aliphatic hydroxyl groups excluding tert-OH is 1. The molecule has 11 saturated carbocycles. The molecule has 0 spiro atoms. The molecule has 13 atom stereocenters. The van der Waals surface area contributed by atoms with Gasteiger partial charge in [-0.15, -0.1) is 0 Å². The van der Waals surface area contributed by atoms with Crippen LogP contribution in [-0.2, 0) is 47.7 Å². The summed E-state index contributed by atoms with van der Waals surface area (Å²) in [6.45, 7) is 3.99. The lowest BCUT2D eigenvalue weighted by Crippen LogP contribution is -2.55. The molecule has 0 aromatic heterocycles. The van der Waals surface area contributed by atoms with Crippen LogP contribution in [-0.4, -0.2) is 53.1 Å². The molecule has 0 amide bonds. The van der Waals surface area contributed by atoms with Gasteiger partial charge in [-0.3, -0.25) is 19.2 Å². The molecule has 0 aromatic rings. The number of carbonyl (C=O) groups excluding carboxylic acids is 6. The van der Waals surface area contributed by atoms with E-state index in [0.29, 0.717) is 54.8 Å². The second-order valence-electron chi connectivity index (χ2n) is 24.7. The minimum atomic E-state index is -1.82. The van der Waals surface area contributed by atoms with Crippen LogP contribution < -0.4 is 0 Å². The van der Waals surface area contributed by atoms with E-state index in [4.69, 9.17) is 18.9 Å². The molecule has 1 saturated heterocycles. The lowest BCUT2D eigenvalue weighted by molar-refractivity contribution is -0.180. The predicted octanol–water partition coefficient (Wildman–Crippen LogP) is 8.39. The van der Waals surface area contributed by atoms with E-state index in [1.165, 1.54) is 64.2 Å². The van der Waals surface area contributed by atoms with Crippen molar-refractivity contribution in [2.75, 3.05) is 0 Å². The predicted molar refractivity (Wildman–Crippen MR) is 240 cm³/mol. The molecule has 67 heavy (non-hydrogen) atoms. The summed E-state index contributed by atoms with van der Waals surface area (Å²) in [5.41, 5.74) is -2.82. The Kier molecular flexibility index (Phi) is 10.0. The van der Waals surface area contributed by atoms with Gasteiger partial charge in [-0.1, -0.05) is 50.3 Å². The van der Waals surface area contributed by atoms with Crippen LogP contribution in [0.2, 0.25) is 0 Å². The van der Waals surface area contributed by atoms with Crippen molar-refractivity contribution in [1.82, 2.24) is 0 Å². The molecule has 0 aromatic carbocycles. The summed E-state index contributed by atoms with van der Waals surface area (Å²) in [6, 6.07) is 0. The fraction of sp³-hybridized carbons (Fsp3) is 0.750. The van der Waals surface area contributed by atoms with E-state index in [9.17, 15) is 14.7 Å². The quantitative estimate of drug-likeness (QED) is 0.0530. The average molecular weight is 917 g/mol. The fourth-order valence-electron chi connectivity index (χ4n) is 20.3. The van der Waals surface area contributed by atoms with Crippen molar-refractivity contribution in [3.63, 3.8) is 0 Å². The number of carbonyl (C=O) groups is 6. The Hall–Kier alpha value is -3.86. The Balaban J connectivity index is 0.861. The molecule has 0 radical (unpaired) electrons. The molecule has 358 valence electrons. The van der Waals surface area contributed by atoms with E-state index in [1.807, 2.05) is 19.9 Å². The van der Waals surface area contributed by atoms with Gasteiger partial charge < -0.3 is 24.1 Å². The van der Waals surface area contributed by atoms with Gasteiger partial charge in [0.1, 0.15) is 11.7 Å². The van der Waals surface area contributed by atoms with Gasteiger partial charge in [-0.2, -0.15) is 0 Å². The topological polar surface area (TPSA) is 160 Å². The first kappa shape index (κ1) is 43.2. The monoisotopic (exact) mass is 916 g/mol. The van der Waals surface area contributed by atoms with Crippen LogP contribution in [0.1, 0.15) is 123 Å². The highest BCUT2D eigenvalue weighted by molar-refractivity contribution is 6.08. The smallest absolute Gasteiger partial charge is 0.382 e. The number of rotatable bonds is 11. The van der Waals surface area contributed by atoms with E-state index in [-0.39, 0.29) is 47.3 Å². The van der Waals surface area contributed by atoms with Crippen molar-refractivity contribution in [2.45, 2.75) is 135 Å². The first-order chi connectivity index (χ1) is 32.4. The Bertz CT molecular complexity index is 2250. The van der Waals surface area contributed by atoms with E-state index in [2.05, 4.69) is 30.4 Å². The molecule has 11 heteroatoms. The molecular weight excluding hydrogens is 849 g/mol. The minimum absolute atomic E-state index is 0.0262. The molecule has 15 aliphatic rings. The van der Waals surface area contributed by atoms with Crippen molar-refractivity contribution in [1.29, 1.82) is 0 Å². The molecule has 15 rings (SSSR count). The summed E-state index contributed by atoms with van der Waals surface area (Å²) in [5.74, 6) is -1.68. The third-order valence-electron chi connectivity index (χ3n) is 22.1. The van der Waals surface area contributed by atoms with Gasteiger partial charge >= 0.3 is 35.8 Å². The Labute approximate surface area is 393 Å². The van der Waals surface area contributed by atoms with Crippen LogP contribution >= 0.6 is 0 Å². The van der Waals surface area contributed by atoms with Gasteiger partial charge in [0.15, 0.2) is 6.10 Å². The van der Waals surface area contributed by atoms with E-state index in [0.717, 1.165) is 42.9 Å². The van der Waals surface area contributed by atoms with Crippen LogP contribution in [0.15, 0.2) is 47.8 Å². The van der Waals surface area contributed by atoms with Gasteiger partial charge in [0.25, 0.3) is 0 Å². The molecule has 14 bridgehead atoms. The van der Waals surface area contributed by atoms with Crippen molar-refractivity contribution < 1.29 is 52.8 Å². The van der Waals surface area contributed by atoms with Crippen LogP contribution in [0.4, 0.5) is 0 Å². The minimum Gasteiger partial charge on any atom is -0.454 e. The number of esters is 6. The molecular formula is C56H68O11. The van der Waals surface area contributed by atoms with Gasteiger partial charge in [0.2, 0.25) is 5.76 Å². The van der Waals surface area contributed by atoms with Crippen LogP contribution in [0, 0.1) is 123 Å². The number of aliphatic hydroxyl groups is 1. The zero-order valence-electron chi connectivity index (χ0n) is 39.1. The SMILES string of the molecule is CCC1(C(=O)OC(=O)/C(OC(=O)C2CC3C=CC2C3)=C(/C(=O)OC(=O)C2(CC)C3C=CC(C3)C2C2C3CC4CC(C3)CC2C4)C2OC(=O)CC2O)C2C=CC(C2)C1C1C2CC3CC(C2)CC1C3. The summed E-state index contributed by atoms with van der Waals surface area (Å²) in [5, 5.41) is 11.4. The van der Waals surface area contributed by atoms with Gasteiger partial charge in [0, 0.05) is 0 Å². The third-order valence-corrected chi connectivity index (χ3v) is 22.1. The number of ether oxygens (including phenoxy) is 4. The maximum atomic E-state index is 15.3. The zero-order chi connectivity index (χ0) is 45.8. The summed E-state index contributed by atoms with van der Waals surface area (Å²) < 4.78 is 23.8. The summed E-state index contributed by atoms with van der Waals surface area (Å²) >= 11 is 0. The first-order valence-electron chi connectivity index (χ1n) is 26.8. The molecule has 11 nitrogen and oxygen atoms in total. The first-order valence-corrected chi connectivity index (χ1v) is 26.8. The summed E-state index contributed by atoms with van der Waals surface area (Å²) in [7, 11) is 0. The molecule has 1 aliphatic heterocycles. The molecule has 1 N–H and O–H groups in total. The van der Waals surface area contributed by atoms with Crippen LogP contribution in [0.3, 0.4) is 0 Å². The van der Waals surface area contributed by atoms with Crippen LogP contribution in [0.5, 0.6) is 0 Å². The number of hydrogen-bond acceptors (Lipinski definition) is 11. The number of cyclic esters (lactones) is 1. The Morgan fingerprint density at radius 3 is 1.48 bits per heavy atom. The third kappa shape index (κ3) is 6.28. The second-order valence-corrected chi connectivity index (χ2v) is 24.7. The molecule has 13 unspecified atom stereocenters. The standard InChI is InChI=1S/C56H68O11/c1-3-55(38-9-7-32(23-38)46(55)43-34-14-27-11-28(16-34)17-35(43)15-27)53(62)66-51(60)45(48-41(57)25-42(58)64-48)49(65-50(59)40-22-26-5-6-31(40)13-26)52(61)67-54(63)56(4-2)39-10-8-33(24-39)47(56)44-36-18-29-12-30(20-36)21-37(44)19-29/h5-10,26-41,43-44,46-48,57H,3-4,11-25H2,1-2H3/b49-45-. The van der Waals surface area contributed by atoms with Gasteiger partial charge in [0.05, 0.1) is 23.2 Å². The van der Waals surface area contributed by atoms with Crippen molar-refractivity contribution >= 4 is 35.8 Å². The number of fused-ring (bicyclic) bond motifs is 6. The molecule has 1 heterocycles. The van der Waals surface area contributed by atoms with Crippen molar-refractivity contribution in [2.24, 2.45) is 123 Å². The Morgan fingerprint density at radius 2 is 1.06 bits per heavy atom. The van der Waals surface area contributed by atoms with Gasteiger partial charge in [-0.05, 0) is 209 Å². The summed E-state index contributed by atoms with van der Waals surface area (Å²) in [6.07, 6.45) is 24.5. The van der Waals surface area contributed by atoms with Crippen molar-refractivity contribution in [3.05, 3.63) is 47.8 Å². The van der Waals surface area contributed by atoms with Crippen molar-refractivity contribution in [3.8, 4) is 0 Å². The van der Waals surface area contributed by atoms with E-state index in [1.54, 1.807) is 0 Å². The van der Waals surface area contributed by atoms with E-state index >= 15 is 19.2 Å². The van der Waals surface area contributed by atoms with E-state index < -0.39 is 82.5 Å². The molecule has 12 fully saturated rings. The highest BCUT2D eigenvalue weighted by Crippen LogP contribution is 2.70. The highest BCUT2D eigenvalue weighted by Gasteiger charge is 2.68. The number of allylic oxidation sites excluding steroid dienone is 6. The second kappa shape index (κ2) is 15.6. The maximum Gasteiger partial charge on any atom is 0.382 e. The number of hydrogen-bond donors (Lipinski definition) is 1. The lowest BCUT2D eigenvalue weighted by atomic mass is 9.46. The molecule has 14 aliphatic carbocycles. The largest absolute Gasteiger partial charge is 0.454 e. The summed E-state index contributed by atoms with van der Waals surface area (Å²) in [4.78, 5) is 88.1. The lowest BCUT2D eigenvalue weighted by Gasteiger charge is -2.59.